The molecule has 3 nitrogen and oxygen atoms in total. The van der Waals surface area contributed by atoms with Gasteiger partial charge in [0, 0.05) is 11.6 Å². The van der Waals surface area contributed by atoms with Crippen LogP contribution in [0.1, 0.15) is 19.8 Å². The number of aliphatic hydroxyl groups is 1. The van der Waals surface area contributed by atoms with E-state index in [9.17, 15) is 13.9 Å². The van der Waals surface area contributed by atoms with Gasteiger partial charge in [0.1, 0.15) is 5.82 Å². The summed E-state index contributed by atoms with van der Waals surface area (Å²) in [7, 11) is 1.77. The van der Waals surface area contributed by atoms with E-state index in [1.54, 1.807) is 7.05 Å². The summed E-state index contributed by atoms with van der Waals surface area (Å²) >= 11 is 0. The first-order valence-electron chi connectivity index (χ1n) is 5.88. The molecule has 18 heavy (non-hydrogen) atoms. The maximum Gasteiger partial charge on any atom is 0.167 e. The predicted octanol–water partition coefficient (Wildman–Crippen LogP) is 2.09. The van der Waals surface area contributed by atoms with E-state index in [0.717, 1.165) is 12.1 Å². The molecule has 0 saturated heterocycles. The Kier molecular flexibility index (Phi) is 5.50. The van der Waals surface area contributed by atoms with Crippen molar-refractivity contribution in [1.82, 2.24) is 5.32 Å². The Labute approximate surface area is 106 Å². The van der Waals surface area contributed by atoms with E-state index in [1.165, 1.54) is 6.07 Å². The van der Waals surface area contributed by atoms with Crippen molar-refractivity contribution >= 4 is 0 Å². The molecule has 1 atom stereocenters. The van der Waals surface area contributed by atoms with E-state index in [-0.39, 0.29) is 17.9 Å². The maximum absolute atomic E-state index is 13.2. The third-order valence-electron chi connectivity index (χ3n) is 2.98. The van der Waals surface area contributed by atoms with Crippen molar-refractivity contribution in [3.63, 3.8) is 0 Å². The molecule has 102 valence electrons. The molecule has 0 aliphatic heterocycles. The summed E-state index contributed by atoms with van der Waals surface area (Å²) in [6.45, 7) is 2.24. The summed E-state index contributed by atoms with van der Waals surface area (Å²) in [5, 5.41) is 12.2. The summed E-state index contributed by atoms with van der Waals surface area (Å²) in [5.41, 5.74) is -0.356. The zero-order valence-electron chi connectivity index (χ0n) is 10.7. The topological polar surface area (TPSA) is 41.5 Å². The van der Waals surface area contributed by atoms with Crippen LogP contribution in [0.2, 0.25) is 0 Å². The lowest BCUT2D eigenvalue weighted by Gasteiger charge is -2.26. The molecule has 5 heteroatoms. The Balaban J connectivity index is 2.38. The molecule has 1 rings (SSSR count). The van der Waals surface area contributed by atoms with Gasteiger partial charge in [0.05, 0.1) is 13.2 Å². The second-order valence-corrected chi connectivity index (χ2v) is 4.50. The van der Waals surface area contributed by atoms with Gasteiger partial charge in [0.25, 0.3) is 0 Å². The van der Waals surface area contributed by atoms with Crippen LogP contribution in [0, 0.1) is 11.6 Å². The van der Waals surface area contributed by atoms with Gasteiger partial charge in [-0.05, 0) is 38.9 Å². The van der Waals surface area contributed by atoms with Crippen molar-refractivity contribution in [2.24, 2.45) is 0 Å². The Morgan fingerprint density at radius 2 is 2.11 bits per heavy atom. The molecular formula is C13H19F2NO2. The van der Waals surface area contributed by atoms with E-state index >= 15 is 0 Å². The van der Waals surface area contributed by atoms with Gasteiger partial charge in [-0.3, -0.25) is 0 Å². The van der Waals surface area contributed by atoms with Crippen molar-refractivity contribution < 1.29 is 18.6 Å². The van der Waals surface area contributed by atoms with Gasteiger partial charge in [-0.25, -0.2) is 8.78 Å². The van der Waals surface area contributed by atoms with E-state index in [1.807, 2.05) is 6.92 Å². The molecule has 0 amide bonds. The fourth-order valence-corrected chi connectivity index (χ4v) is 1.52. The van der Waals surface area contributed by atoms with Crippen LogP contribution in [0.4, 0.5) is 8.78 Å². The Morgan fingerprint density at radius 3 is 2.67 bits per heavy atom. The summed E-state index contributed by atoms with van der Waals surface area (Å²) in [6, 6.07) is 3.22. The van der Waals surface area contributed by atoms with Crippen LogP contribution in [0.5, 0.6) is 5.75 Å². The van der Waals surface area contributed by atoms with Crippen LogP contribution in [0.25, 0.3) is 0 Å². The highest BCUT2D eigenvalue weighted by atomic mass is 19.1. The zero-order chi connectivity index (χ0) is 13.6. The normalized spacial score (nSPS) is 14.3. The fraction of sp³-hybridized carbons (Fsp3) is 0.538. The molecule has 0 spiro atoms. The van der Waals surface area contributed by atoms with Gasteiger partial charge in [0.2, 0.25) is 0 Å². The van der Waals surface area contributed by atoms with Crippen molar-refractivity contribution in [3.8, 4) is 5.75 Å². The van der Waals surface area contributed by atoms with Crippen LogP contribution in [0.15, 0.2) is 18.2 Å². The third kappa shape index (κ3) is 4.23. The highest BCUT2D eigenvalue weighted by Crippen LogP contribution is 2.18. The number of halogens is 2. The number of nitrogens with one attached hydrogen (secondary N) is 1. The third-order valence-corrected chi connectivity index (χ3v) is 2.98. The predicted molar refractivity (Wildman–Crippen MR) is 65.6 cm³/mol. The minimum absolute atomic E-state index is 0.0222. The van der Waals surface area contributed by atoms with Crippen molar-refractivity contribution in [2.45, 2.75) is 25.3 Å². The number of likely N-dealkylation sites (N-methyl/N-ethyl adjacent to an activating group) is 1. The molecule has 0 aromatic heterocycles. The molecule has 0 radical (unpaired) electrons. The zero-order valence-corrected chi connectivity index (χ0v) is 10.7. The minimum Gasteiger partial charge on any atom is -0.491 e. The highest BCUT2D eigenvalue weighted by molar-refractivity contribution is 5.24. The van der Waals surface area contributed by atoms with Gasteiger partial charge in [-0.15, -0.1) is 0 Å². The van der Waals surface area contributed by atoms with E-state index < -0.39 is 11.6 Å². The Hall–Kier alpha value is -1.20. The molecule has 0 fully saturated rings. The Morgan fingerprint density at radius 1 is 1.39 bits per heavy atom. The second-order valence-electron chi connectivity index (χ2n) is 4.50. The number of ether oxygens (including phenoxy) is 1. The highest BCUT2D eigenvalue weighted by Gasteiger charge is 2.19. The lowest BCUT2D eigenvalue weighted by molar-refractivity contribution is 0.163. The van der Waals surface area contributed by atoms with Crippen molar-refractivity contribution in [2.75, 3.05) is 20.3 Å². The van der Waals surface area contributed by atoms with E-state index in [2.05, 4.69) is 5.32 Å². The van der Waals surface area contributed by atoms with Gasteiger partial charge in [-0.1, -0.05) is 0 Å². The van der Waals surface area contributed by atoms with Crippen LogP contribution in [-0.4, -0.2) is 30.9 Å². The summed E-state index contributed by atoms with van der Waals surface area (Å²) in [4.78, 5) is 0. The SMILES string of the molecule is CNC(C)(CO)CCCOc1ccc(F)cc1F. The monoisotopic (exact) mass is 259 g/mol. The molecule has 1 aromatic carbocycles. The van der Waals surface area contributed by atoms with E-state index in [4.69, 9.17) is 4.74 Å². The van der Waals surface area contributed by atoms with Crippen LogP contribution in [0.3, 0.4) is 0 Å². The van der Waals surface area contributed by atoms with Crippen molar-refractivity contribution in [3.05, 3.63) is 29.8 Å². The summed E-state index contributed by atoms with van der Waals surface area (Å²) in [5.74, 6) is -1.28. The van der Waals surface area contributed by atoms with Gasteiger partial charge in [-0.2, -0.15) is 0 Å². The molecule has 2 N–H and O–H groups in total. The standard InChI is InChI=1S/C13H19F2NO2/c1-13(9-17,16-2)6-3-7-18-12-5-4-10(14)8-11(12)15/h4-5,8,16-17H,3,6-7,9H2,1-2H3. The smallest absolute Gasteiger partial charge is 0.167 e. The first-order valence-corrected chi connectivity index (χ1v) is 5.88. The molecule has 0 saturated carbocycles. The number of hydrogen-bond acceptors (Lipinski definition) is 3. The summed E-state index contributed by atoms with van der Waals surface area (Å²) in [6.07, 6.45) is 1.36. The molecule has 0 heterocycles. The Bertz CT molecular complexity index is 381. The lowest BCUT2D eigenvalue weighted by atomic mass is 9.97. The second kappa shape index (κ2) is 6.66. The number of aliphatic hydroxyl groups excluding tert-OH is 1. The van der Waals surface area contributed by atoms with Gasteiger partial charge < -0.3 is 15.2 Å². The van der Waals surface area contributed by atoms with Crippen molar-refractivity contribution in [1.29, 1.82) is 0 Å². The van der Waals surface area contributed by atoms with Crippen LogP contribution < -0.4 is 10.1 Å². The maximum atomic E-state index is 13.2. The molecule has 0 aliphatic carbocycles. The van der Waals surface area contributed by atoms with Crippen LogP contribution in [-0.2, 0) is 0 Å². The summed E-state index contributed by atoms with van der Waals surface area (Å²) < 4.78 is 31.1. The first-order chi connectivity index (χ1) is 8.50. The quantitative estimate of drug-likeness (QED) is 0.737. The minimum atomic E-state index is -0.700. The molecule has 0 aliphatic rings. The van der Waals surface area contributed by atoms with E-state index in [0.29, 0.717) is 19.4 Å². The van der Waals surface area contributed by atoms with Gasteiger partial charge >= 0.3 is 0 Å². The average molecular weight is 259 g/mol. The fourth-order valence-electron chi connectivity index (χ4n) is 1.52. The molecular weight excluding hydrogens is 240 g/mol. The first kappa shape index (κ1) is 14.9. The van der Waals surface area contributed by atoms with Crippen LogP contribution >= 0.6 is 0 Å². The molecule has 0 bridgehead atoms. The largest absolute Gasteiger partial charge is 0.491 e. The van der Waals surface area contributed by atoms with Gasteiger partial charge in [0.15, 0.2) is 11.6 Å². The molecule has 1 unspecified atom stereocenters. The number of hydrogen-bond donors (Lipinski definition) is 2. The number of benzene rings is 1. The molecule has 1 aromatic rings. The lowest BCUT2D eigenvalue weighted by Crippen LogP contribution is -2.43. The number of rotatable bonds is 7. The average Bonchev–Trinajstić information content (AvgIpc) is 2.36.